The Balaban J connectivity index is 1.47. The minimum atomic E-state index is -3.56. The van der Waals surface area contributed by atoms with Gasteiger partial charge in [-0.2, -0.15) is 0 Å². The van der Waals surface area contributed by atoms with Gasteiger partial charge < -0.3 is 0 Å². The van der Waals surface area contributed by atoms with E-state index in [1.54, 1.807) is 24.3 Å². The Labute approximate surface area is 178 Å². The summed E-state index contributed by atoms with van der Waals surface area (Å²) in [7, 11) is -3.56. The van der Waals surface area contributed by atoms with Gasteiger partial charge in [-0.3, -0.25) is 0 Å². The van der Waals surface area contributed by atoms with Crippen molar-refractivity contribution in [1.29, 1.82) is 0 Å². The van der Waals surface area contributed by atoms with Crippen molar-refractivity contribution in [3.8, 4) is 0 Å². The van der Waals surface area contributed by atoms with Gasteiger partial charge in [0.15, 0.2) is 0 Å². The molecule has 2 N–H and O–H groups in total. The van der Waals surface area contributed by atoms with Crippen LogP contribution in [0.5, 0.6) is 0 Å². The fourth-order valence-corrected chi connectivity index (χ4v) is 6.96. The fourth-order valence-electron chi connectivity index (χ4n) is 5.47. The van der Waals surface area contributed by atoms with E-state index in [0.29, 0.717) is 16.7 Å². The predicted molar refractivity (Wildman–Crippen MR) is 115 cm³/mol. The van der Waals surface area contributed by atoms with Crippen LogP contribution >= 0.6 is 0 Å². The van der Waals surface area contributed by atoms with Gasteiger partial charge in [-0.05, 0) is 78.3 Å². The van der Waals surface area contributed by atoms with Crippen LogP contribution in [0.3, 0.4) is 0 Å². The molecule has 1 heterocycles. The summed E-state index contributed by atoms with van der Waals surface area (Å²) in [5, 5.41) is 13.9. The molecule has 0 spiro atoms. The normalized spacial score (nSPS) is 27.8. The van der Waals surface area contributed by atoms with Crippen molar-refractivity contribution in [2.24, 2.45) is 17.3 Å². The monoisotopic (exact) mass is 429 g/mol. The molecule has 2 bridgehead atoms. The van der Waals surface area contributed by atoms with Gasteiger partial charge in [0.2, 0.25) is 10.0 Å². The molecule has 0 saturated heterocycles. The molecular weight excluding hydrogens is 398 g/mol. The number of nitrogens with one attached hydrogen (secondary N) is 2. The van der Waals surface area contributed by atoms with Crippen molar-refractivity contribution in [3.05, 3.63) is 48.3 Å². The van der Waals surface area contributed by atoms with Crippen LogP contribution in [0.4, 0.5) is 0 Å². The maximum absolute atomic E-state index is 13.2. The Morgan fingerprint density at radius 1 is 1.23 bits per heavy atom. The first-order valence-corrected chi connectivity index (χ1v) is 12.3. The molecule has 0 amide bonds. The van der Waals surface area contributed by atoms with Gasteiger partial charge in [0.25, 0.3) is 0 Å². The first kappa shape index (κ1) is 21.2. The lowest BCUT2D eigenvalue weighted by Gasteiger charge is -2.65. The lowest BCUT2D eigenvalue weighted by molar-refractivity contribution is -0.121. The highest BCUT2D eigenvalue weighted by atomic mass is 32.2. The van der Waals surface area contributed by atoms with E-state index >= 15 is 0 Å². The molecule has 2 aromatic rings. The Morgan fingerprint density at radius 3 is 2.70 bits per heavy atom. The summed E-state index contributed by atoms with van der Waals surface area (Å²) >= 11 is 0. The zero-order chi connectivity index (χ0) is 21.2. The van der Waals surface area contributed by atoms with Crippen molar-refractivity contribution in [2.75, 3.05) is 0 Å². The van der Waals surface area contributed by atoms with Crippen molar-refractivity contribution in [1.82, 2.24) is 25.3 Å². The number of aromatic amines is 1. The highest BCUT2D eigenvalue weighted by Gasteiger charge is 2.61. The standard InChI is InChI=1S/C22H31N5O2S/c1-21(2)17-13-15-22(19(21)16-17,25-30(28,29)18-10-6-5-7-11-18)14-9-4-3-8-12-20-23-26-27-24-20/h4-7,9-11,17,19,25H,3,8,12-16H2,1-2H3,(H,23,24,26,27)/b9-4-/t17-,19+,22-/m0/s1. The van der Waals surface area contributed by atoms with Gasteiger partial charge in [-0.25, -0.2) is 18.2 Å². The molecule has 5 rings (SSSR count). The van der Waals surface area contributed by atoms with Crippen LogP contribution in [0, 0.1) is 17.3 Å². The average molecular weight is 430 g/mol. The highest BCUT2D eigenvalue weighted by molar-refractivity contribution is 7.89. The van der Waals surface area contributed by atoms with Gasteiger partial charge in [0.05, 0.1) is 4.90 Å². The molecule has 8 heteroatoms. The average Bonchev–Trinajstić information content (AvgIpc) is 3.24. The van der Waals surface area contributed by atoms with Crippen molar-refractivity contribution in [3.63, 3.8) is 0 Å². The number of sulfonamides is 1. The molecule has 162 valence electrons. The van der Waals surface area contributed by atoms with E-state index in [1.807, 2.05) is 6.07 Å². The van der Waals surface area contributed by atoms with Crippen molar-refractivity contribution < 1.29 is 8.42 Å². The topological polar surface area (TPSA) is 101 Å². The van der Waals surface area contributed by atoms with Crippen molar-refractivity contribution in [2.45, 2.75) is 69.2 Å². The zero-order valence-electron chi connectivity index (χ0n) is 17.7. The minimum absolute atomic E-state index is 0.171. The molecule has 1 aromatic carbocycles. The van der Waals surface area contributed by atoms with E-state index in [1.165, 1.54) is 0 Å². The van der Waals surface area contributed by atoms with E-state index in [-0.39, 0.29) is 5.41 Å². The third kappa shape index (κ3) is 4.07. The fraction of sp³-hybridized carbons (Fsp3) is 0.591. The van der Waals surface area contributed by atoms with E-state index in [4.69, 9.17) is 0 Å². The number of aromatic nitrogens is 4. The van der Waals surface area contributed by atoms with Crippen LogP contribution in [0.1, 0.15) is 58.2 Å². The molecule has 1 aromatic heterocycles. The summed E-state index contributed by atoms with van der Waals surface area (Å²) < 4.78 is 29.5. The number of hydrogen-bond donors (Lipinski definition) is 2. The number of nitrogens with zero attached hydrogens (tertiary/aromatic N) is 3. The van der Waals surface area contributed by atoms with Crippen molar-refractivity contribution >= 4 is 10.0 Å². The van der Waals surface area contributed by atoms with E-state index < -0.39 is 15.6 Å². The van der Waals surface area contributed by atoms with E-state index in [2.05, 4.69) is 51.3 Å². The third-order valence-corrected chi connectivity index (χ3v) is 8.86. The lowest BCUT2D eigenvalue weighted by Crippen LogP contribution is -2.67. The number of benzene rings is 1. The van der Waals surface area contributed by atoms with Crippen LogP contribution in [-0.4, -0.2) is 34.6 Å². The molecule has 3 aliphatic carbocycles. The summed E-state index contributed by atoms with van der Waals surface area (Å²) in [6, 6.07) is 8.72. The Morgan fingerprint density at radius 2 is 2.03 bits per heavy atom. The van der Waals surface area contributed by atoms with Gasteiger partial charge in [-0.15, -0.1) is 5.10 Å². The molecular formula is C22H31N5O2S. The lowest BCUT2D eigenvalue weighted by atomic mass is 9.43. The Bertz CT molecular complexity index is 970. The summed E-state index contributed by atoms with van der Waals surface area (Å²) in [4.78, 5) is 0.341. The molecule has 0 radical (unpaired) electrons. The second-order valence-electron chi connectivity index (χ2n) is 9.34. The SMILES string of the molecule is CC1(C)[C@H]2CC[C@](C/C=C\CCCc3nnn[nH]3)(NS(=O)(=O)c3ccccc3)[C@@H]1C2. The maximum Gasteiger partial charge on any atom is 0.241 e. The highest BCUT2D eigenvalue weighted by Crippen LogP contribution is 2.63. The maximum atomic E-state index is 13.2. The molecule has 3 fully saturated rings. The zero-order valence-corrected chi connectivity index (χ0v) is 18.5. The smallest absolute Gasteiger partial charge is 0.241 e. The van der Waals surface area contributed by atoms with Crippen LogP contribution in [-0.2, 0) is 16.4 Å². The number of hydrogen-bond acceptors (Lipinski definition) is 5. The molecule has 30 heavy (non-hydrogen) atoms. The largest absolute Gasteiger partial charge is 0.243 e. The van der Waals surface area contributed by atoms with Gasteiger partial charge >= 0.3 is 0 Å². The molecule has 3 saturated carbocycles. The van der Waals surface area contributed by atoms with Crippen LogP contribution in [0.25, 0.3) is 0 Å². The molecule has 3 atom stereocenters. The minimum Gasteiger partial charge on any atom is -0.243 e. The Kier molecular flexibility index (Phi) is 5.81. The van der Waals surface area contributed by atoms with Gasteiger partial charge in [0.1, 0.15) is 5.82 Å². The number of rotatable bonds is 9. The third-order valence-electron chi connectivity index (χ3n) is 7.29. The number of tetrazole rings is 1. The van der Waals surface area contributed by atoms with Crippen LogP contribution in [0.15, 0.2) is 47.4 Å². The molecule has 0 unspecified atom stereocenters. The summed E-state index contributed by atoms with van der Waals surface area (Å²) in [5.74, 6) is 1.86. The number of allylic oxidation sites excluding steroid dienone is 1. The first-order valence-electron chi connectivity index (χ1n) is 10.8. The quantitative estimate of drug-likeness (QED) is 0.468. The Hall–Kier alpha value is -2.06. The van der Waals surface area contributed by atoms with E-state index in [9.17, 15) is 8.42 Å². The van der Waals surface area contributed by atoms with E-state index in [0.717, 1.165) is 50.8 Å². The predicted octanol–water partition coefficient (Wildman–Crippen LogP) is 3.64. The summed E-state index contributed by atoms with van der Waals surface area (Å²) in [6.07, 6.45) is 10.8. The molecule has 7 nitrogen and oxygen atoms in total. The second kappa shape index (κ2) is 8.23. The number of fused-ring (bicyclic) bond motifs is 2. The summed E-state index contributed by atoms with van der Waals surface area (Å²) in [5.41, 5.74) is -0.247. The number of aryl methyl sites for hydroxylation is 1. The second-order valence-corrected chi connectivity index (χ2v) is 11.0. The molecule has 0 aliphatic heterocycles. The van der Waals surface area contributed by atoms with Crippen LogP contribution < -0.4 is 4.72 Å². The van der Waals surface area contributed by atoms with Gasteiger partial charge in [0, 0.05) is 12.0 Å². The first-order chi connectivity index (χ1) is 14.3. The number of unbranched alkanes of at least 4 members (excludes halogenated alkanes) is 1. The van der Waals surface area contributed by atoms with Crippen LogP contribution in [0.2, 0.25) is 0 Å². The number of H-pyrrole nitrogens is 1. The summed E-state index contributed by atoms with van der Waals surface area (Å²) in [6.45, 7) is 4.59. The van der Waals surface area contributed by atoms with Gasteiger partial charge in [-0.1, -0.05) is 44.2 Å². The molecule has 3 aliphatic rings.